The molecule has 0 heterocycles. The highest BCUT2D eigenvalue weighted by Crippen LogP contribution is 2.33. The number of hydrogen-bond acceptors (Lipinski definition) is 0. The topological polar surface area (TPSA) is 0 Å². The van der Waals surface area contributed by atoms with Crippen molar-refractivity contribution in [3.63, 3.8) is 0 Å². The third-order valence-corrected chi connectivity index (χ3v) is 5.37. The van der Waals surface area contributed by atoms with Crippen LogP contribution < -0.4 is 0 Å². The summed E-state index contributed by atoms with van der Waals surface area (Å²) >= 11 is 0. The van der Waals surface area contributed by atoms with Gasteiger partial charge in [0, 0.05) is 0 Å². The van der Waals surface area contributed by atoms with E-state index in [-0.39, 0.29) is 0 Å². The lowest BCUT2D eigenvalue weighted by Crippen LogP contribution is -2.13. The second kappa shape index (κ2) is 11.6. The number of hydrogen-bond donors (Lipinski definition) is 0. The maximum Gasteiger partial charge on any atom is -0.0354 e. The minimum atomic E-state index is 0.558. The van der Waals surface area contributed by atoms with E-state index < -0.39 is 0 Å². The van der Waals surface area contributed by atoms with E-state index in [2.05, 4.69) is 41.5 Å². The monoisotopic (exact) mass is 296 g/mol. The summed E-state index contributed by atoms with van der Waals surface area (Å²) in [5, 5.41) is 0. The molecular formula is C21H44. The van der Waals surface area contributed by atoms with Crippen molar-refractivity contribution in [3.05, 3.63) is 0 Å². The summed E-state index contributed by atoms with van der Waals surface area (Å²) in [7, 11) is 0. The van der Waals surface area contributed by atoms with Crippen molar-refractivity contribution in [1.82, 2.24) is 0 Å². The third-order valence-electron chi connectivity index (χ3n) is 5.37. The maximum absolute atomic E-state index is 2.48. The summed E-state index contributed by atoms with van der Waals surface area (Å²) in [6, 6.07) is 0. The molecule has 0 radical (unpaired) electrons. The van der Waals surface area contributed by atoms with Crippen LogP contribution >= 0.6 is 0 Å². The first-order valence-corrected chi connectivity index (χ1v) is 9.83. The summed E-state index contributed by atoms with van der Waals surface area (Å²) in [5.74, 6) is 0. The highest BCUT2D eigenvalue weighted by atomic mass is 14.2. The minimum Gasteiger partial charge on any atom is -0.0654 e. The third kappa shape index (κ3) is 13.4. The Morgan fingerprint density at radius 3 is 1.33 bits per heavy atom. The van der Waals surface area contributed by atoms with Crippen molar-refractivity contribution in [2.24, 2.45) is 10.8 Å². The fourth-order valence-corrected chi connectivity index (χ4v) is 3.07. The lowest BCUT2D eigenvalue weighted by molar-refractivity contribution is 0.260. The molecule has 0 saturated carbocycles. The normalized spacial score (nSPS) is 12.9. The van der Waals surface area contributed by atoms with Gasteiger partial charge in [-0.15, -0.1) is 0 Å². The molecule has 0 nitrogen and oxygen atoms in total. The molecule has 0 aromatic heterocycles. The van der Waals surface area contributed by atoms with Gasteiger partial charge >= 0.3 is 0 Å². The van der Waals surface area contributed by atoms with Crippen LogP contribution in [-0.4, -0.2) is 0 Å². The van der Waals surface area contributed by atoms with Crippen LogP contribution in [-0.2, 0) is 0 Å². The molecule has 0 aliphatic rings. The molecule has 0 fully saturated rings. The summed E-state index contributed by atoms with van der Waals surface area (Å²) in [5.41, 5.74) is 1.13. The molecule has 0 unspecified atom stereocenters. The van der Waals surface area contributed by atoms with Crippen LogP contribution in [0.15, 0.2) is 0 Å². The van der Waals surface area contributed by atoms with Crippen LogP contribution in [0.25, 0.3) is 0 Å². The Morgan fingerprint density at radius 1 is 0.476 bits per heavy atom. The van der Waals surface area contributed by atoms with Gasteiger partial charge in [-0.3, -0.25) is 0 Å². The zero-order chi connectivity index (χ0) is 16.2. The highest BCUT2D eigenvalue weighted by molar-refractivity contribution is 4.71. The molecule has 128 valence electrons. The first kappa shape index (κ1) is 21.0. The number of rotatable bonds is 14. The van der Waals surface area contributed by atoms with Crippen molar-refractivity contribution < 1.29 is 0 Å². The van der Waals surface area contributed by atoms with E-state index in [0.29, 0.717) is 10.8 Å². The quantitative estimate of drug-likeness (QED) is 0.284. The van der Waals surface area contributed by atoms with Crippen molar-refractivity contribution in [1.29, 1.82) is 0 Å². The van der Waals surface area contributed by atoms with Gasteiger partial charge in [-0.25, -0.2) is 0 Å². The van der Waals surface area contributed by atoms with E-state index in [1.54, 1.807) is 0 Å². The Morgan fingerprint density at radius 2 is 0.857 bits per heavy atom. The molecule has 0 bridgehead atoms. The van der Waals surface area contributed by atoms with E-state index in [4.69, 9.17) is 0 Å². The van der Waals surface area contributed by atoms with Crippen LogP contribution in [0.4, 0.5) is 0 Å². The standard InChI is InChI=1S/C21H44/c1-7-9-10-11-12-13-14-18-21(5,6)19-16-15-17-20(3,4)8-2/h7-19H2,1-6H3. The van der Waals surface area contributed by atoms with Gasteiger partial charge in [-0.05, 0) is 30.1 Å². The molecule has 0 aromatic rings. The first-order chi connectivity index (χ1) is 9.83. The smallest absolute Gasteiger partial charge is 0.0354 e. The van der Waals surface area contributed by atoms with E-state index >= 15 is 0 Å². The summed E-state index contributed by atoms with van der Waals surface area (Å²) in [4.78, 5) is 0. The molecule has 0 aliphatic carbocycles. The van der Waals surface area contributed by atoms with Crippen molar-refractivity contribution in [2.75, 3.05) is 0 Å². The summed E-state index contributed by atoms with van der Waals surface area (Å²) in [6.07, 6.45) is 18.5. The predicted molar refractivity (Wildman–Crippen MR) is 98.9 cm³/mol. The molecule has 0 atom stereocenters. The van der Waals surface area contributed by atoms with Crippen LogP contribution in [0.5, 0.6) is 0 Å². The van der Waals surface area contributed by atoms with Crippen LogP contribution in [0.3, 0.4) is 0 Å². The fraction of sp³-hybridized carbons (Fsp3) is 1.00. The summed E-state index contributed by atoms with van der Waals surface area (Å²) in [6.45, 7) is 14.4. The number of unbranched alkanes of at least 4 members (excludes halogenated alkanes) is 7. The van der Waals surface area contributed by atoms with E-state index in [0.717, 1.165) is 0 Å². The summed E-state index contributed by atoms with van der Waals surface area (Å²) < 4.78 is 0. The Labute approximate surface area is 136 Å². The predicted octanol–water partition coefficient (Wildman–Crippen LogP) is 8.15. The van der Waals surface area contributed by atoms with Gasteiger partial charge < -0.3 is 0 Å². The minimum absolute atomic E-state index is 0.558. The van der Waals surface area contributed by atoms with Crippen LogP contribution in [0.2, 0.25) is 0 Å². The molecule has 0 rings (SSSR count). The van der Waals surface area contributed by atoms with Gasteiger partial charge in [0.1, 0.15) is 0 Å². The molecule has 0 spiro atoms. The average molecular weight is 297 g/mol. The van der Waals surface area contributed by atoms with Gasteiger partial charge in [-0.2, -0.15) is 0 Å². The van der Waals surface area contributed by atoms with Crippen molar-refractivity contribution >= 4 is 0 Å². The molecule has 21 heavy (non-hydrogen) atoms. The molecule has 0 aliphatic heterocycles. The van der Waals surface area contributed by atoms with Gasteiger partial charge in [0.2, 0.25) is 0 Å². The highest BCUT2D eigenvalue weighted by Gasteiger charge is 2.18. The average Bonchev–Trinajstić information content (AvgIpc) is 2.43. The molecule has 0 N–H and O–H groups in total. The molecular weight excluding hydrogens is 252 g/mol. The van der Waals surface area contributed by atoms with E-state index in [1.165, 1.54) is 83.5 Å². The molecule has 0 amide bonds. The van der Waals surface area contributed by atoms with Crippen molar-refractivity contribution in [2.45, 2.75) is 125 Å². The Bertz CT molecular complexity index is 224. The zero-order valence-corrected chi connectivity index (χ0v) is 16.2. The van der Waals surface area contributed by atoms with E-state index in [1.807, 2.05) is 0 Å². The second-order valence-corrected chi connectivity index (χ2v) is 8.76. The Hall–Kier alpha value is 0. The van der Waals surface area contributed by atoms with Gasteiger partial charge in [0.05, 0.1) is 0 Å². The van der Waals surface area contributed by atoms with Crippen LogP contribution in [0, 0.1) is 10.8 Å². The largest absolute Gasteiger partial charge is 0.0654 e. The fourth-order valence-electron chi connectivity index (χ4n) is 3.07. The SMILES string of the molecule is CCCCCCCCCC(C)(C)CCCCC(C)(C)CC. The molecule has 0 heteroatoms. The Kier molecular flexibility index (Phi) is 11.6. The Balaban J connectivity index is 3.56. The van der Waals surface area contributed by atoms with Gasteiger partial charge in [0.25, 0.3) is 0 Å². The lowest BCUT2D eigenvalue weighted by Gasteiger charge is -2.26. The first-order valence-electron chi connectivity index (χ1n) is 9.83. The van der Waals surface area contributed by atoms with Crippen molar-refractivity contribution in [3.8, 4) is 0 Å². The lowest BCUT2D eigenvalue weighted by atomic mass is 9.79. The van der Waals surface area contributed by atoms with Gasteiger partial charge in [-0.1, -0.05) is 106 Å². The molecule has 0 aromatic carbocycles. The van der Waals surface area contributed by atoms with E-state index in [9.17, 15) is 0 Å². The van der Waals surface area contributed by atoms with Gasteiger partial charge in [0.15, 0.2) is 0 Å². The zero-order valence-electron chi connectivity index (χ0n) is 16.2. The van der Waals surface area contributed by atoms with Crippen LogP contribution in [0.1, 0.15) is 125 Å². The maximum atomic E-state index is 2.48. The molecule has 0 saturated heterocycles. The second-order valence-electron chi connectivity index (χ2n) is 8.76.